The maximum absolute atomic E-state index is 8.24. The van der Waals surface area contributed by atoms with Gasteiger partial charge in [-0.2, -0.15) is 0 Å². The Labute approximate surface area is 60.1 Å². The molecule has 0 saturated carbocycles. The van der Waals surface area contributed by atoms with E-state index in [-0.39, 0.29) is 0 Å². The molecule has 0 amide bonds. The molecule has 1 heterocycles. The SMILES string of the molecule is N/C(CC1CCNC1)=N\O. The van der Waals surface area contributed by atoms with Crippen LogP contribution in [0.25, 0.3) is 0 Å². The van der Waals surface area contributed by atoms with Crippen molar-refractivity contribution in [3.05, 3.63) is 0 Å². The molecule has 1 atom stereocenters. The number of nitrogens with two attached hydrogens (primary N) is 1. The summed E-state index contributed by atoms with van der Waals surface area (Å²) in [5.41, 5.74) is 5.32. The summed E-state index contributed by atoms with van der Waals surface area (Å²) in [6, 6.07) is 0. The van der Waals surface area contributed by atoms with Crippen LogP contribution in [0.5, 0.6) is 0 Å². The van der Waals surface area contributed by atoms with Gasteiger partial charge < -0.3 is 16.3 Å². The summed E-state index contributed by atoms with van der Waals surface area (Å²) in [7, 11) is 0. The first-order valence-corrected chi connectivity index (χ1v) is 3.50. The molecule has 4 heteroatoms. The molecule has 1 aliphatic heterocycles. The average Bonchev–Trinajstić information content (AvgIpc) is 2.40. The Hall–Kier alpha value is -0.770. The summed E-state index contributed by atoms with van der Waals surface area (Å²) >= 11 is 0. The lowest BCUT2D eigenvalue weighted by Gasteiger charge is -2.04. The Bertz CT molecular complexity index is 129. The molecule has 4 N–H and O–H groups in total. The van der Waals surface area contributed by atoms with E-state index in [4.69, 9.17) is 10.9 Å². The first kappa shape index (κ1) is 7.34. The van der Waals surface area contributed by atoms with E-state index >= 15 is 0 Å². The van der Waals surface area contributed by atoms with Gasteiger partial charge in [0.15, 0.2) is 0 Å². The number of rotatable bonds is 2. The third-order valence-electron chi connectivity index (χ3n) is 1.79. The predicted molar refractivity (Wildman–Crippen MR) is 39.0 cm³/mol. The lowest BCUT2D eigenvalue weighted by atomic mass is 10.1. The fraction of sp³-hybridized carbons (Fsp3) is 0.833. The summed E-state index contributed by atoms with van der Waals surface area (Å²) in [5, 5.41) is 14.4. The monoisotopic (exact) mass is 143 g/mol. The summed E-state index contributed by atoms with van der Waals surface area (Å²) < 4.78 is 0. The Kier molecular flexibility index (Phi) is 2.50. The van der Waals surface area contributed by atoms with E-state index in [1.54, 1.807) is 0 Å². The van der Waals surface area contributed by atoms with Crippen molar-refractivity contribution in [2.75, 3.05) is 13.1 Å². The Morgan fingerprint density at radius 1 is 1.80 bits per heavy atom. The summed E-state index contributed by atoms with van der Waals surface area (Å²) in [6.07, 6.45) is 1.85. The molecule has 10 heavy (non-hydrogen) atoms. The molecule has 1 unspecified atom stereocenters. The Morgan fingerprint density at radius 3 is 3.10 bits per heavy atom. The molecule has 1 fully saturated rings. The smallest absolute Gasteiger partial charge is 0.139 e. The molecule has 1 aliphatic rings. The highest BCUT2D eigenvalue weighted by atomic mass is 16.4. The molecule has 58 valence electrons. The molecule has 4 nitrogen and oxygen atoms in total. The van der Waals surface area contributed by atoms with Crippen LogP contribution in [0, 0.1) is 5.92 Å². The van der Waals surface area contributed by atoms with Crippen LogP contribution < -0.4 is 11.1 Å². The second-order valence-electron chi connectivity index (χ2n) is 2.65. The van der Waals surface area contributed by atoms with E-state index in [9.17, 15) is 0 Å². The van der Waals surface area contributed by atoms with Crippen molar-refractivity contribution in [3.63, 3.8) is 0 Å². The lowest BCUT2D eigenvalue weighted by molar-refractivity contribution is 0.315. The average molecular weight is 143 g/mol. The highest BCUT2D eigenvalue weighted by molar-refractivity contribution is 5.79. The molecular weight excluding hydrogens is 130 g/mol. The quantitative estimate of drug-likeness (QED) is 0.216. The molecule has 0 aliphatic carbocycles. The van der Waals surface area contributed by atoms with E-state index in [2.05, 4.69) is 10.5 Å². The van der Waals surface area contributed by atoms with Gasteiger partial charge in [-0.25, -0.2) is 0 Å². The van der Waals surface area contributed by atoms with Gasteiger partial charge in [0, 0.05) is 6.42 Å². The zero-order valence-electron chi connectivity index (χ0n) is 5.88. The van der Waals surface area contributed by atoms with E-state index < -0.39 is 0 Å². The van der Waals surface area contributed by atoms with Crippen molar-refractivity contribution in [1.82, 2.24) is 5.32 Å². The molecular formula is C6H13N3O. The van der Waals surface area contributed by atoms with Crippen molar-refractivity contribution in [2.24, 2.45) is 16.8 Å². The van der Waals surface area contributed by atoms with Gasteiger partial charge in [0.05, 0.1) is 0 Å². The molecule has 0 radical (unpaired) electrons. The van der Waals surface area contributed by atoms with E-state index in [0.29, 0.717) is 18.2 Å². The number of hydrogen-bond acceptors (Lipinski definition) is 3. The normalized spacial score (nSPS) is 27.2. The molecule has 0 bridgehead atoms. The number of nitrogens with one attached hydrogen (secondary N) is 1. The van der Waals surface area contributed by atoms with Gasteiger partial charge in [0.2, 0.25) is 0 Å². The number of hydrogen-bond donors (Lipinski definition) is 3. The van der Waals surface area contributed by atoms with E-state index in [0.717, 1.165) is 19.5 Å². The summed E-state index contributed by atoms with van der Waals surface area (Å²) in [4.78, 5) is 0. The minimum absolute atomic E-state index is 0.341. The molecule has 0 aromatic carbocycles. The van der Waals surface area contributed by atoms with Crippen molar-refractivity contribution >= 4 is 5.84 Å². The Balaban J connectivity index is 2.24. The fourth-order valence-electron chi connectivity index (χ4n) is 1.23. The molecule has 1 rings (SSSR count). The van der Waals surface area contributed by atoms with E-state index in [1.807, 2.05) is 0 Å². The maximum atomic E-state index is 8.24. The third-order valence-corrected chi connectivity index (χ3v) is 1.79. The van der Waals surface area contributed by atoms with Crippen LogP contribution in [0.4, 0.5) is 0 Å². The zero-order chi connectivity index (χ0) is 7.40. The van der Waals surface area contributed by atoms with Crippen LogP contribution in [-0.4, -0.2) is 24.1 Å². The van der Waals surface area contributed by atoms with Gasteiger partial charge in [-0.3, -0.25) is 0 Å². The molecule has 0 aromatic rings. The zero-order valence-corrected chi connectivity index (χ0v) is 5.88. The molecule has 0 spiro atoms. The van der Waals surface area contributed by atoms with Gasteiger partial charge in [-0.05, 0) is 25.4 Å². The Morgan fingerprint density at radius 2 is 2.60 bits per heavy atom. The van der Waals surface area contributed by atoms with E-state index in [1.165, 1.54) is 0 Å². The van der Waals surface area contributed by atoms with Gasteiger partial charge in [-0.1, -0.05) is 5.16 Å². The van der Waals surface area contributed by atoms with Crippen LogP contribution in [-0.2, 0) is 0 Å². The fourth-order valence-corrected chi connectivity index (χ4v) is 1.23. The summed E-state index contributed by atoms with van der Waals surface area (Å²) in [5.74, 6) is 0.907. The van der Waals surface area contributed by atoms with Gasteiger partial charge in [0.1, 0.15) is 5.84 Å². The van der Waals surface area contributed by atoms with Crippen LogP contribution in [0.3, 0.4) is 0 Å². The van der Waals surface area contributed by atoms with Crippen molar-refractivity contribution in [3.8, 4) is 0 Å². The van der Waals surface area contributed by atoms with Crippen LogP contribution in [0.2, 0.25) is 0 Å². The highest BCUT2D eigenvalue weighted by Gasteiger charge is 2.15. The van der Waals surface area contributed by atoms with Crippen molar-refractivity contribution in [1.29, 1.82) is 0 Å². The lowest BCUT2D eigenvalue weighted by Crippen LogP contribution is -2.18. The molecule has 0 aromatic heterocycles. The minimum atomic E-state index is 0.341. The standard InChI is InChI=1S/C6H13N3O/c7-6(9-10)3-5-1-2-8-4-5/h5,8,10H,1-4H2,(H2,7,9). The second-order valence-corrected chi connectivity index (χ2v) is 2.65. The topological polar surface area (TPSA) is 70.6 Å². The van der Waals surface area contributed by atoms with Gasteiger partial charge >= 0.3 is 0 Å². The summed E-state index contributed by atoms with van der Waals surface area (Å²) in [6.45, 7) is 2.06. The van der Waals surface area contributed by atoms with Crippen molar-refractivity contribution < 1.29 is 5.21 Å². The van der Waals surface area contributed by atoms with Crippen LogP contribution in [0.1, 0.15) is 12.8 Å². The number of amidine groups is 1. The largest absolute Gasteiger partial charge is 0.409 e. The number of nitrogens with zero attached hydrogens (tertiary/aromatic N) is 1. The highest BCUT2D eigenvalue weighted by Crippen LogP contribution is 2.11. The van der Waals surface area contributed by atoms with Crippen LogP contribution in [0.15, 0.2) is 5.16 Å². The molecule has 1 saturated heterocycles. The minimum Gasteiger partial charge on any atom is -0.409 e. The first-order chi connectivity index (χ1) is 4.83. The third kappa shape index (κ3) is 1.88. The maximum Gasteiger partial charge on any atom is 0.139 e. The second kappa shape index (κ2) is 3.41. The number of oxime groups is 1. The first-order valence-electron chi connectivity index (χ1n) is 3.50. The predicted octanol–water partition coefficient (Wildman–Crippen LogP) is -0.268. The van der Waals surface area contributed by atoms with Gasteiger partial charge in [0.25, 0.3) is 0 Å². The van der Waals surface area contributed by atoms with Crippen molar-refractivity contribution in [2.45, 2.75) is 12.8 Å². The van der Waals surface area contributed by atoms with Crippen LogP contribution >= 0.6 is 0 Å². The van der Waals surface area contributed by atoms with Gasteiger partial charge in [-0.15, -0.1) is 0 Å².